The monoisotopic (exact) mass is 539 g/mol. The van der Waals surface area contributed by atoms with Gasteiger partial charge in [-0.2, -0.15) is 0 Å². The number of methoxy groups -OCH3 is 2. The predicted octanol–water partition coefficient (Wildman–Crippen LogP) is 5.64. The highest BCUT2D eigenvalue weighted by Gasteiger charge is 2.45. The lowest BCUT2D eigenvalue weighted by molar-refractivity contribution is -0.143. The van der Waals surface area contributed by atoms with Crippen LogP contribution >= 0.6 is 15.9 Å². The van der Waals surface area contributed by atoms with Crippen LogP contribution in [0.15, 0.2) is 70.0 Å². The molecule has 0 radical (unpaired) electrons. The van der Waals surface area contributed by atoms with Crippen LogP contribution in [0.1, 0.15) is 50.2 Å². The van der Waals surface area contributed by atoms with Crippen LogP contribution in [-0.4, -0.2) is 32.1 Å². The maximum absolute atomic E-state index is 13.8. The van der Waals surface area contributed by atoms with Crippen molar-refractivity contribution >= 4 is 27.7 Å². The number of Topliss-reactive ketones (excluding diaryl/α,β-unsaturated/α-hetero) is 1. The summed E-state index contributed by atoms with van der Waals surface area (Å²) in [6, 6.07) is 13.5. The van der Waals surface area contributed by atoms with Gasteiger partial charge in [0.15, 0.2) is 11.5 Å². The summed E-state index contributed by atoms with van der Waals surface area (Å²) in [6.45, 7) is 5.51. The van der Waals surface area contributed by atoms with E-state index in [0.29, 0.717) is 29.2 Å². The average molecular weight is 540 g/mol. The van der Waals surface area contributed by atoms with Gasteiger partial charge in [0.25, 0.3) is 0 Å². The molecule has 6 nitrogen and oxygen atoms in total. The van der Waals surface area contributed by atoms with Crippen LogP contribution in [0.4, 0.5) is 0 Å². The fraction of sp³-hybridized carbons (Fsp3) is 0.357. The molecule has 1 N–H and O–H groups in total. The molecule has 0 saturated carbocycles. The Balaban J connectivity index is 1.82. The third-order valence-corrected chi connectivity index (χ3v) is 7.22. The largest absolute Gasteiger partial charge is 0.493 e. The molecule has 0 aromatic heterocycles. The number of carbonyl (C=O) groups is 2. The maximum atomic E-state index is 13.8. The Hall–Kier alpha value is -3.06. The minimum absolute atomic E-state index is 0.0675. The molecular formula is C28H30BrNO5. The van der Waals surface area contributed by atoms with E-state index in [2.05, 4.69) is 27.3 Å². The highest BCUT2D eigenvalue weighted by Crippen LogP contribution is 2.48. The first-order valence-corrected chi connectivity index (χ1v) is 12.4. The SMILES string of the molecule is COc1ccc(C2C=C3NC(C)=C(C(=O)OC(C)C)C(c4ccccc4Br)C3C(=O)C2)cc1OC. The molecule has 2 aromatic carbocycles. The van der Waals surface area contributed by atoms with Gasteiger partial charge in [-0.3, -0.25) is 4.79 Å². The van der Waals surface area contributed by atoms with E-state index in [0.717, 1.165) is 21.3 Å². The number of ether oxygens (including phenoxy) is 3. The van der Waals surface area contributed by atoms with E-state index in [9.17, 15) is 9.59 Å². The van der Waals surface area contributed by atoms with Crippen LogP contribution in [-0.2, 0) is 14.3 Å². The first-order valence-electron chi connectivity index (χ1n) is 11.6. The molecule has 4 rings (SSSR count). The topological polar surface area (TPSA) is 73.9 Å². The molecule has 1 heterocycles. The van der Waals surface area contributed by atoms with E-state index in [4.69, 9.17) is 14.2 Å². The van der Waals surface area contributed by atoms with Gasteiger partial charge in [-0.15, -0.1) is 0 Å². The van der Waals surface area contributed by atoms with E-state index in [1.54, 1.807) is 14.2 Å². The summed E-state index contributed by atoms with van der Waals surface area (Å²) in [6.07, 6.45) is 2.15. The maximum Gasteiger partial charge on any atom is 0.336 e. The minimum atomic E-state index is -0.511. The Kier molecular flexibility index (Phi) is 7.36. The summed E-state index contributed by atoms with van der Waals surface area (Å²) >= 11 is 3.64. The molecule has 0 bridgehead atoms. The molecule has 3 atom stereocenters. The Morgan fingerprint density at radius 2 is 1.77 bits per heavy atom. The smallest absolute Gasteiger partial charge is 0.336 e. The fourth-order valence-corrected chi connectivity index (χ4v) is 5.51. The van der Waals surface area contributed by atoms with Crippen molar-refractivity contribution < 1.29 is 23.8 Å². The molecule has 1 aliphatic carbocycles. The lowest BCUT2D eigenvalue weighted by Crippen LogP contribution is -2.42. The molecule has 0 spiro atoms. The zero-order chi connectivity index (χ0) is 25.3. The number of ketones is 1. The molecule has 35 heavy (non-hydrogen) atoms. The van der Waals surface area contributed by atoms with Gasteiger partial charge in [-0.25, -0.2) is 4.79 Å². The van der Waals surface area contributed by atoms with Gasteiger partial charge < -0.3 is 19.5 Å². The second-order valence-electron chi connectivity index (χ2n) is 9.11. The lowest BCUT2D eigenvalue weighted by Gasteiger charge is -2.40. The van der Waals surface area contributed by atoms with Crippen LogP contribution in [0.5, 0.6) is 11.5 Å². The molecule has 0 amide bonds. The van der Waals surface area contributed by atoms with Gasteiger partial charge in [0, 0.05) is 34.1 Å². The van der Waals surface area contributed by atoms with E-state index in [1.807, 2.05) is 63.2 Å². The zero-order valence-electron chi connectivity index (χ0n) is 20.6. The number of hydrogen-bond donors (Lipinski definition) is 1. The minimum Gasteiger partial charge on any atom is -0.493 e. The van der Waals surface area contributed by atoms with Gasteiger partial charge >= 0.3 is 5.97 Å². The summed E-state index contributed by atoms with van der Waals surface area (Å²) in [5.41, 5.74) is 3.84. The van der Waals surface area contributed by atoms with Crippen molar-refractivity contribution in [3.8, 4) is 11.5 Å². The highest BCUT2D eigenvalue weighted by atomic mass is 79.9. The van der Waals surface area contributed by atoms with Gasteiger partial charge in [0.2, 0.25) is 0 Å². The number of allylic oxidation sites excluding steroid dienone is 3. The Bertz CT molecular complexity index is 1220. The standard InChI is InChI=1S/C28H30BrNO5/c1-15(2)35-28(32)25-16(3)30-21-12-18(17-10-11-23(33-4)24(14-17)34-5)13-22(31)27(21)26(25)19-8-6-7-9-20(19)29/h6-12,14-15,18,26-27,30H,13H2,1-5H3. The number of esters is 1. The third-order valence-electron chi connectivity index (χ3n) is 6.50. The van der Waals surface area contributed by atoms with Crippen LogP contribution in [0.25, 0.3) is 0 Å². The van der Waals surface area contributed by atoms with E-state index < -0.39 is 17.8 Å². The number of nitrogens with one attached hydrogen (secondary N) is 1. The Morgan fingerprint density at radius 3 is 2.43 bits per heavy atom. The number of rotatable bonds is 6. The summed E-state index contributed by atoms with van der Waals surface area (Å²) in [4.78, 5) is 27.0. The normalized spacial score (nSPS) is 21.7. The molecule has 184 valence electrons. The van der Waals surface area contributed by atoms with Gasteiger partial charge in [0.05, 0.1) is 31.8 Å². The summed E-state index contributed by atoms with van der Waals surface area (Å²) < 4.78 is 17.3. The third kappa shape index (κ3) is 4.87. The van der Waals surface area contributed by atoms with Gasteiger partial charge in [0.1, 0.15) is 5.78 Å². The molecule has 3 unspecified atom stereocenters. The van der Waals surface area contributed by atoms with Crippen LogP contribution in [0.3, 0.4) is 0 Å². The molecular weight excluding hydrogens is 510 g/mol. The van der Waals surface area contributed by atoms with Crippen molar-refractivity contribution in [1.29, 1.82) is 0 Å². The first kappa shape index (κ1) is 25.0. The van der Waals surface area contributed by atoms with Crippen molar-refractivity contribution in [3.05, 3.63) is 81.1 Å². The predicted molar refractivity (Wildman–Crippen MR) is 137 cm³/mol. The van der Waals surface area contributed by atoms with Crippen molar-refractivity contribution in [3.63, 3.8) is 0 Å². The molecule has 1 aliphatic heterocycles. The van der Waals surface area contributed by atoms with Crippen LogP contribution < -0.4 is 14.8 Å². The van der Waals surface area contributed by atoms with Gasteiger partial charge in [-0.05, 0) is 50.1 Å². The van der Waals surface area contributed by atoms with Crippen LogP contribution in [0, 0.1) is 5.92 Å². The quantitative estimate of drug-likeness (QED) is 0.479. The number of carbonyl (C=O) groups excluding carboxylic acids is 2. The highest BCUT2D eigenvalue weighted by molar-refractivity contribution is 9.10. The lowest BCUT2D eigenvalue weighted by atomic mass is 9.68. The Morgan fingerprint density at radius 1 is 1.06 bits per heavy atom. The summed E-state index contributed by atoms with van der Waals surface area (Å²) in [5.74, 6) is -0.168. The summed E-state index contributed by atoms with van der Waals surface area (Å²) in [5, 5.41) is 3.37. The molecule has 2 aromatic rings. The molecule has 0 fully saturated rings. The number of fused-ring (bicyclic) bond motifs is 1. The first-order chi connectivity index (χ1) is 16.7. The van der Waals surface area contributed by atoms with E-state index in [-0.39, 0.29) is 17.8 Å². The Labute approximate surface area is 214 Å². The molecule has 2 aliphatic rings. The molecule has 7 heteroatoms. The summed E-state index contributed by atoms with van der Waals surface area (Å²) in [7, 11) is 3.19. The number of hydrogen-bond acceptors (Lipinski definition) is 6. The second kappa shape index (κ2) is 10.3. The van der Waals surface area contributed by atoms with Gasteiger partial charge in [-0.1, -0.05) is 46.3 Å². The molecule has 0 saturated heterocycles. The second-order valence-corrected chi connectivity index (χ2v) is 9.96. The van der Waals surface area contributed by atoms with Crippen LogP contribution in [0.2, 0.25) is 0 Å². The van der Waals surface area contributed by atoms with Crippen molar-refractivity contribution in [1.82, 2.24) is 5.32 Å². The average Bonchev–Trinajstić information content (AvgIpc) is 2.82. The van der Waals surface area contributed by atoms with E-state index in [1.165, 1.54) is 0 Å². The van der Waals surface area contributed by atoms with Crippen molar-refractivity contribution in [2.24, 2.45) is 5.92 Å². The zero-order valence-corrected chi connectivity index (χ0v) is 22.1. The number of benzene rings is 2. The fourth-order valence-electron chi connectivity index (χ4n) is 4.98. The van der Waals surface area contributed by atoms with Crippen molar-refractivity contribution in [2.45, 2.75) is 45.1 Å². The van der Waals surface area contributed by atoms with Crippen molar-refractivity contribution in [2.75, 3.05) is 14.2 Å². The van der Waals surface area contributed by atoms with E-state index >= 15 is 0 Å². The number of halogens is 1.